The molecule has 1 amide bonds. The molecule has 3 aromatic rings. The highest BCUT2D eigenvalue weighted by Gasteiger charge is 2.10. The summed E-state index contributed by atoms with van der Waals surface area (Å²) in [6.45, 7) is 1.41. The summed E-state index contributed by atoms with van der Waals surface area (Å²) in [7, 11) is 3.96. The third kappa shape index (κ3) is 4.97. The van der Waals surface area contributed by atoms with Gasteiger partial charge in [0.15, 0.2) is 0 Å². The van der Waals surface area contributed by atoms with Gasteiger partial charge < -0.3 is 10.2 Å². The Morgan fingerprint density at radius 2 is 1.52 bits per heavy atom. The Hall–Kier alpha value is -2.62. The van der Waals surface area contributed by atoms with E-state index in [9.17, 15) is 4.79 Å². The van der Waals surface area contributed by atoms with Gasteiger partial charge in [0.1, 0.15) is 0 Å². The number of rotatable bonds is 6. The van der Waals surface area contributed by atoms with E-state index in [2.05, 4.69) is 29.6 Å². The number of hydrogen-bond donors (Lipinski definition) is 1. The quantitative estimate of drug-likeness (QED) is 0.657. The molecule has 0 heterocycles. The molecule has 138 valence electrons. The van der Waals surface area contributed by atoms with Gasteiger partial charge in [0.05, 0.1) is 0 Å². The van der Waals surface area contributed by atoms with Crippen LogP contribution in [0.25, 0.3) is 22.3 Å². The summed E-state index contributed by atoms with van der Waals surface area (Å²) < 4.78 is 0. The van der Waals surface area contributed by atoms with Crippen molar-refractivity contribution in [1.82, 2.24) is 10.2 Å². The monoisotopic (exact) mass is 378 g/mol. The van der Waals surface area contributed by atoms with Crippen LogP contribution in [0.1, 0.15) is 10.4 Å². The number of benzene rings is 3. The lowest BCUT2D eigenvalue weighted by Crippen LogP contribution is -2.31. The molecule has 3 nitrogen and oxygen atoms in total. The number of likely N-dealkylation sites (N-methyl/N-ethyl adjacent to an activating group) is 1. The molecule has 0 radical (unpaired) electrons. The van der Waals surface area contributed by atoms with Gasteiger partial charge in [0.25, 0.3) is 5.91 Å². The molecule has 1 N–H and O–H groups in total. The average molecular weight is 379 g/mol. The van der Waals surface area contributed by atoms with Crippen LogP contribution < -0.4 is 5.32 Å². The Bertz CT molecular complexity index is 905. The molecule has 0 atom stereocenters. The molecular formula is C23H23ClN2O. The van der Waals surface area contributed by atoms with E-state index in [0.717, 1.165) is 23.2 Å². The summed E-state index contributed by atoms with van der Waals surface area (Å²) >= 11 is 6.40. The van der Waals surface area contributed by atoms with Gasteiger partial charge in [-0.3, -0.25) is 4.79 Å². The predicted octanol–water partition coefficient (Wildman–Crippen LogP) is 4.97. The van der Waals surface area contributed by atoms with Gasteiger partial charge in [0, 0.05) is 29.2 Å². The zero-order valence-corrected chi connectivity index (χ0v) is 16.3. The van der Waals surface area contributed by atoms with Crippen LogP contribution in [0, 0.1) is 0 Å². The second-order valence-corrected chi connectivity index (χ2v) is 7.10. The fourth-order valence-corrected chi connectivity index (χ4v) is 3.08. The van der Waals surface area contributed by atoms with E-state index < -0.39 is 0 Å². The van der Waals surface area contributed by atoms with Crippen LogP contribution in [0.15, 0.2) is 72.8 Å². The van der Waals surface area contributed by atoms with Crippen LogP contribution in [-0.2, 0) is 0 Å². The van der Waals surface area contributed by atoms with Crippen molar-refractivity contribution in [2.75, 3.05) is 27.2 Å². The minimum atomic E-state index is -0.0873. The largest absolute Gasteiger partial charge is 0.351 e. The number of nitrogens with zero attached hydrogens (tertiary/aromatic N) is 1. The minimum absolute atomic E-state index is 0.0873. The standard InChI is InChI=1S/C23H23ClN2O/c1-26(2)15-14-25-23(27)20-12-13-22(24)21(16-20)19-10-8-18(9-11-19)17-6-4-3-5-7-17/h3-13,16H,14-15H2,1-2H3,(H,25,27). The van der Waals surface area contributed by atoms with Crippen LogP contribution in [0.3, 0.4) is 0 Å². The van der Waals surface area contributed by atoms with Gasteiger partial charge in [-0.2, -0.15) is 0 Å². The molecule has 0 aromatic heterocycles. The van der Waals surface area contributed by atoms with Gasteiger partial charge in [-0.15, -0.1) is 0 Å². The van der Waals surface area contributed by atoms with E-state index in [1.165, 1.54) is 5.56 Å². The van der Waals surface area contributed by atoms with Crippen molar-refractivity contribution in [3.8, 4) is 22.3 Å². The average Bonchev–Trinajstić information content (AvgIpc) is 2.69. The molecule has 0 bridgehead atoms. The van der Waals surface area contributed by atoms with Crippen molar-refractivity contribution >= 4 is 17.5 Å². The normalized spacial score (nSPS) is 10.8. The zero-order valence-electron chi connectivity index (χ0n) is 15.6. The maximum absolute atomic E-state index is 12.4. The van der Waals surface area contributed by atoms with Crippen molar-refractivity contribution in [3.05, 3.63) is 83.4 Å². The summed E-state index contributed by atoms with van der Waals surface area (Å²) in [6.07, 6.45) is 0. The number of carbonyl (C=O) groups is 1. The van der Waals surface area contributed by atoms with E-state index in [1.54, 1.807) is 12.1 Å². The Kier molecular flexibility index (Phi) is 6.28. The van der Waals surface area contributed by atoms with Crippen LogP contribution in [0.2, 0.25) is 5.02 Å². The molecular weight excluding hydrogens is 356 g/mol. The zero-order chi connectivity index (χ0) is 19.2. The molecule has 0 saturated heterocycles. The van der Waals surface area contributed by atoms with Crippen molar-refractivity contribution in [2.45, 2.75) is 0 Å². The van der Waals surface area contributed by atoms with E-state index in [0.29, 0.717) is 17.1 Å². The van der Waals surface area contributed by atoms with Crippen LogP contribution >= 0.6 is 11.6 Å². The SMILES string of the molecule is CN(C)CCNC(=O)c1ccc(Cl)c(-c2ccc(-c3ccccc3)cc2)c1. The highest BCUT2D eigenvalue weighted by molar-refractivity contribution is 6.33. The maximum Gasteiger partial charge on any atom is 0.251 e. The fraction of sp³-hybridized carbons (Fsp3) is 0.174. The second-order valence-electron chi connectivity index (χ2n) is 6.70. The van der Waals surface area contributed by atoms with Gasteiger partial charge in [-0.25, -0.2) is 0 Å². The Balaban J connectivity index is 1.81. The summed E-state index contributed by atoms with van der Waals surface area (Å²) in [4.78, 5) is 14.4. The van der Waals surface area contributed by atoms with Crippen LogP contribution in [0.5, 0.6) is 0 Å². The highest BCUT2D eigenvalue weighted by Crippen LogP contribution is 2.30. The molecule has 3 rings (SSSR count). The summed E-state index contributed by atoms with van der Waals surface area (Å²) in [6, 6.07) is 23.8. The minimum Gasteiger partial charge on any atom is -0.351 e. The molecule has 3 aromatic carbocycles. The predicted molar refractivity (Wildman–Crippen MR) is 113 cm³/mol. The number of carbonyl (C=O) groups excluding carboxylic acids is 1. The van der Waals surface area contributed by atoms with Gasteiger partial charge in [0.2, 0.25) is 0 Å². The van der Waals surface area contributed by atoms with Gasteiger partial charge in [-0.1, -0.05) is 66.2 Å². The number of halogens is 1. The molecule has 0 aliphatic rings. The van der Waals surface area contributed by atoms with Crippen LogP contribution in [-0.4, -0.2) is 38.0 Å². The molecule has 0 unspecified atom stereocenters. The third-order valence-corrected chi connectivity index (χ3v) is 4.71. The third-order valence-electron chi connectivity index (χ3n) is 4.38. The van der Waals surface area contributed by atoms with E-state index in [4.69, 9.17) is 11.6 Å². The molecule has 0 spiro atoms. The van der Waals surface area contributed by atoms with Crippen LogP contribution in [0.4, 0.5) is 0 Å². The Morgan fingerprint density at radius 3 is 2.19 bits per heavy atom. The van der Waals surface area contributed by atoms with E-state index >= 15 is 0 Å². The summed E-state index contributed by atoms with van der Waals surface area (Å²) in [5, 5.41) is 3.57. The van der Waals surface area contributed by atoms with Crippen molar-refractivity contribution in [3.63, 3.8) is 0 Å². The molecule has 0 fully saturated rings. The summed E-state index contributed by atoms with van der Waals surface area (Å²) in [5.41, 5.74) is 4.77. The Morgan fingerprint density at radius 1 is 0.889 bits per heavy atom. The Labute approximate surface area is 165 Å². The molecule has 0 saturated carbocycles. The van der Waals surface area contributed by atoms with Crippen molar-refractivity contribution in [1.29, 1.82) is 0 Å². The number of amides is 1. The maximum atomic E-state index is 12.4. The first-order valence-corrected chi connectivity index (χ1v) is 9.31. The van der Waals surface area contributed by atoms with Gasteiger partial charge >= 0.3 is 0 Å². The summed E-state index contributed by atoms with van der Waals surface area (Å²) in [5.74, 6) is -0.0873. The lowest BCUT2D eigenvalue weighted by atomic mass is 9.99. The molecule has 27 heavy (non-hydrogen) atoms. The highest BCUT2D eigenvalue weighted by atomic mass is 35.5. The first-order chi connectivity index (χ1) is 13.0. The lowest BCUT2D eigenvalue weighted by molar-refractivity contribution is 0.0951. The van der Waals surface area contributed by atoms with Gasteiger partial charge in [-0.05, 0) is 49.0 Å². The first kappa shape index (κ1) is 19.2. The fourth-order valence-electron chi connectivity index (χ4n) is 2.86. The second kappa shape index (κ2) is 8.85. The lowest BCUT2D eigenvalue weighted by Gasteiger charge is -2.12. The van der Waals surface area contributed by atoms with E-state index in [-0.39, 0.29) is 5.91 Å². The van der Waals surface area contributed by atoms with Crippen molar-refractivity contribution < 1.29 is 4.79 Å². The first-order valence-electron chi connectivity index (χ1n) is 8.93. The van der Waals surface area contributed by atoms with Crippen molar-refractivity contribution in [2.24, 2.45) is 0 Å². The smallest absolute Gasteiger partial charge is 0.251 e. The number of hydrogen-bond acceptors (Lipinski definition) is 2. The topological polar surface area (TPSA) is 32.3 Å². The number of nitrogens with one attached hydrogen (secondary N) is 1. The molecule has 4 heteroatoms. The molecule has 0 aliphatic carbocycles. The van der Waals surface area contributed by atoms with E-state index in [1.807, 2.05) is 55.4 Å². The molecule has 0 aliphatic heterocycles.